The average Bonchev–Trinajstić information content (AvgIpc) is 2.97. The second-order valence-electron chi connectivity index (χ2n) is 3.51. The molecule has 0 bridgehead atoms. The predicted octanol–water partition coefficient (Wildman–Crippen LogP) is 1.42. The van der Waals surface area contributed by atoms with Crippen molar-refractivity contribution >= 4 is 11.6 Å². The number of carboxylic acid groups (broad SMARTS) is 1. The molecule has 17 heavy (non-hydrogen) atoms. The lowest BCUT2D eigenvalue weighted by Gasteiger charge is -2.01. The van der Waals surface area contributed by atoms with Crippen LogP contribution in [0, 0.1) is 0 Å². The maximum Gasteiger partial charge on any atom is 0.341 e. The van der Waals surface area contributed by atoms with Gasteiger partial charge < -0.3 is 10.1 Å². The molecule has 0 amide bonds. The Morgan fingerprint density at radius 1 is 1.41 bits per heavy atom. The van der Waals surface area contributed by atoms with E-state index in [0.717, 1.165) is 11.4 Å². The number of aromatic amines is 1. The van der Waals surface area contributed by atoms with Crippen molar-refractivity contribution < 1.29 is 9.90 Å². The summed E-state index contributed by atoms with van der Waals surface area (Å²) >= 11 is 0. The number of H-pyrrole nitrogens is 1. The molecular weight excluding hydrogens is 220 g/mol. The standard InChI is InChI=1S/C11H8N4O2/c16-11(17)7-6-14-15-9(3-5-13-10(7)15)8-2-1-4-12-8/h1-6,12H,(H,16,17). The van der Waals surface area contributed by atoms with E-state index >= 15 is 0 Å². The minimum Gasteiger partial charge on any atom is -0.477 e. The molecule has 0 radical (unpaired) electrons. The fourth-order valence-electron chi connectivity index (χ4n) is 1.74. The molecular formula is C11H8N4O2. The van der Waals surface area contributed by atoms with E-state index in [4.69, 9.17) is 5.11 Å². The van der Waals surface area contributed by atoms with E-state index in [2.05, 4.69) is 15.1 Å². The first-order valence-corrected chi connectivity index (χ1v) is 4.97. The van der Waals surface area contributed by atoms with Crippen LogP contribution >= 0.6 is 0 Å². The summed E-state index contributed by atoms with van der Waals surface area (Å²) in [4.78, 5) is 18.1. The summed E-state index contributed by atoms with van der Waals surface area (Å²) in [5.41, 5.74) is 2.06. The van der Waals surface area contributed by atoms with Crippen LogP contribution in [0.5, 0.6) is 0 Å². The molecule has 0 fully saturated rings. The molecule has 3 rings (SSSR count). The molecule has 3 heterocycles. The Labute approximate surface area is 95.5 Å². The fraction of sp³-hybridized carbons (Fsp3) is 0. The number of carboxylic acids is 1. The quantitative estimate of drug-likeness (QED) is 0.694. The van der Waals surface area contributed by atoms with E-state index in [0.29, 0.717) is 5.65 Å². The summed E-state index contributed by atoms with van der Waals surface area (Å²) in [6.07, 6.45) is 4.67. The number of nitrogens with zero attached hydrogens (tertiary/aromatic N) is 3. The number of fused-ring (bicyclic) bond motifs is 1. The number of rotatable bonds is 2. The molecule has 0 saturated carbocycles. The van der Waals surface area contributed by atoms with Crippen molar-refractivity contribution in [1.29, 1.82) is 0 Å². The SMILES string of the molecule is O=C(O)c1cnn2c(-c3ccc[nH]3)ccnc12. The Balaban J connectivity index is 2.32. The Hall–Kier alpha value is -2.63. The van der Waals surface area contributed by atoms with Gasteiger partial charge in [0.1, 0.15) is 5.56 Å². The molecule has 0 atom stereocenters. The first-order valence-electron chi connectivity index (χ1n) is 4.97. The van der Waals surface area contributed by atoms with Gasteiger partial charge in [-0.1, -0.05) is 0 Å². The molecule has 0 aliphatic heterocycles. The van der Waals surface area contributed by atoms with Crippen LogP contribution in [0.15, 0.2) is 36.8 Å². The number of nitrogens with one attached hydrogen (secondary N) is 1. The normalized spacial score (nSPS) is 10.8. The van der Waals surface area contributed by atoms with E-state index < -0.39 is 5.97 Å². The summed E-state index contributed by atoms with van der Waals surface area (Å²) in [6.45, 7) is 0. The minimum atomic E-state index is -1.03. The van der Waals surface area contributed by atoms with E-state index in [1.165, 1.54) is 10.7 Å². The molecule has 0 unspecified atom stereocenters. The predicted molar refractivity (Wildman–Crippen MR) is 59.7 cm³/mol. The summed E-state index contributed by atoms with van der Waals surface area (Å²) in [7, 11) is 0. The lowest BCUT2D eigenvalue weighted by molar-refractivity contribution is 0.0699. The highest BCUT2D eigenvalue weighted by Gasteiger charge is 2.14. The Kier molecular flexibility index (Phi) is 1.94. The van der Waals surface area contributed by atoms with Crippen molar-refractivity contribution in [2.75, 3.05) is 0 Å². The van der Waals surface area contributed by atoms with Gasteiger partial charge in [-0.25, -0.2) is 14.3 Å². The topological polar surface area (TPSA) is 83.3 Å². The molecule has 0 aromatic carbocycles. The van der Waals surface area contributed by atoms with Crippen molar-refractivity contribution in [3.05, 3.63) is 42.4 Å². The van der Waals surface area contributed by atoms with Crippen LogP contribution < -0.4 is 0 Å². The molecule has 0 saturated heterocycles. The second kappa shape index (κ2) is 3.44. The van der Waals surface area contributed by atoms with Gasteiger partial charge in [0.05, 0.1) is 17.6 Å². The number of hydrogen-bond donors (Lipinski definition) is 2. The van der Waals surface area contributed by atoms with Crippen molar-refractivity contribution in [2.24, 2.45) is 0 Å². The molecule has 6 heteroatoms. The third-order valence-electron chi connectivity index (χ3n) is 2.51. The van der Waals surface area contributed by atoms with Crippen LogP contribution in [0.4, 0.5) is 0 Å². The van der Waals surface area contributed by atoms with Gasteiger partial charge in [0.2, 0.25) is 0 Å². The van der Waals surface area contributed by atoms with E-state index in [-0.39, 0.29) is 5.56 Å². The molecule has 0 aliphatic rings. The highest BCUT2D eigenvalue weighted by atomic mass is 16.4. The maximum atomic E-state index is 11.0. The van der Waals surface area contributed by atoms with Gasteiger partial charge in [-0.2, -0.15) is 5.10 Å². The van der Waals surface area contributed by atoms with Crippen LogP contribution in [0.1, 0.15) is 10.4 Å². The summed E-state index contributed by atoms with van der Waals surface area (Å²) in [6, 6.07) is 5.53. The maximum absolute atomic E-state index is 11.0. The van der Waals surface area contributed by atoms with Crippen LogP contribution in [0.3, 0.4) is 0 Å². The molecule has 0 spiro atoms. The Morgan fingerprint density at radius 2 is 2.29 bits per heavy atom. The molecule has 2 N–H and O–H groups in total. The van der Waals surface area contributed by atoms with E-state index in [9.17, 15) is 4.79 Å². The molecule has 84 valence electrons. The van der Waals surface area contributed by atoms with Crippen LogP contribution in [-0.2, 0) is 0 Å². The number of carbonyl (C=O) groups is 1. The number of aromatic nitrogens is 4. The second-order valence-corrected chi connectivity index (χ2v) is 3.51. The highest BCUT2D eigenvalue weighted by Crippen LogP contribution is 2.18. The molecule has 0 aliphatic carbocycles. The van der Waals surface area contributed by atoms with Gasteiger partial charge in [0.15, 0.2) is 5.65 Å². The number of aromatic carboxylic acids is 1. The van der Waals surface area contributed by atoms with Gasteiger partial charge in [-0.05, 0) is 18.2 Å². The number of hydrogen-bond acceptors (Lipinski definition) is 3. The van der Waals surface area contributed by atoms with Gasteiger partial charge in [-0.3, -0.25) is 0 Å². The van der Waals surface area contributed by atoms with Crippen LogP contribution in [-0.4, -0.2) is 30.7 Å². The van der Waals surface area contributed by atoms with Crippen molar-refractivity contribution in [3.8, 4) is 11.4 Å². The van der Waals surface area contributed by atoms with Crippen molar-refractivity contribution in [2.45, 2.75) is 0 Å². The highest BCUT2D eigenvalue weighted by molar-refractivity contribution is 5.94. The lowest BCUT2D eigenvalue weighted by atomic mass is 10.3. The minimum absolute atomic E-state index is 0.0957. The summed E-state index contributed by atoms with van der Waals surface area (Å²) < 4.78 is 1.51. The Bertz CT molecular complexity index is 685. The Morgan fingerprint density at radius 3 is 3.00 bits per heavy atom. The average molecular weight is 228 g/mol. The van der Waals surface area contributed by atoms with Gasteiger partial charge >= 0.3 is 5.97 Å². The smallest absolute Gasteiger partial charge is 0.341 e. The first-order chi connectivity index (χ1) is 8.27. The molecule has 3 aromatic heterocycles. The largest absolute Gasteiger partial charge is 0.477 e. The third-order valence-corrected chi connectivity index (χ3v) is 2.51. The third kappa shape index (κ3) is 1.38. The zero-order chi connectivity index (χ0) is 11.8. The van der Waals surface area contributed by atoms with Crippen molar-refractivity contribution in [1.82, 2.24) is 19.6 Å². The van der Waals surface area contributed by atoms with Gasteiger partial charge in [-0.15, -0.1) is 0 Å². The zero-order valence-electron chi connectivity index (χ0n) is 8.66. The zero-order valence-corrected chi connectivity index (χ0v) is 8.66. The van der Waals surface area contributed by atoms with Crippen molar-refractivity contribution in [3.63, 3.8) is 0 Å². The van der Waals surface area contributed by atoms with E-state index in [1.807, 2.05) is 12.1 Å². The van der Waals surface area contributed by atoms with Gasteiger partial charge in [0.25, 0.3) is 0 Å². The monoisotopic (exact) mass is 228 g/mol. The first kappa shape index (κ1) is 9.59. The summed E-state index contributed by atoms with van der Waals surface area (Å²) in [5.74, 6) is -1.03. The lowest BCUT2D eigenvalue weighted by Crippen LogP contribution is -1.99. The fourth-order valence-corrected chi connectivity index (χ4v) is 1.74. The van der Waals surface area contributed by atoms with Gasteiger partial charge in [0, 0.05) is 12.4 Å². The van der Waals surface area contributed by atoms with Crippen LogP contribution in [0.25, 0.3) is 17.0 Å². The molecule has 3 aromatic rings. The van der Waals surface area contributed by atoms with Crippen LogP contribution in [0.2, 0.25) is 0 Å². The molecule has 6 nitrogen and oxygen atoms in total. The van der Waals surface area contributed by atoms with E-state index in [1.54, 1.807) is 18.5 Å². The summed E-state index contributed by atoms with van der Waals surface area (Å²) in [5, 5.41) is 13.0.